The van der Waals surface area contributed by atoms with Crippen molar-refractivity contribution in [1.82, 2.24) is 9.88 Å². The Bertz CT molecular complexity index is 562. The molecule has 2 aromatic rings. The van der Waals surface area contributed by atoms with Gasteiger partial charge in [-0.15, -0.1) is 11.3 Å². The molecule has 0 radical (unpaired) electrons. The third kappa shape index (κ3) is 3.44. The van der Waals surface area contributed by atoms with Crippen LogP contribution in [-0.2, 0) is 6.54 Å². The van der Waals surface area contributed by atoms with E-state index in [0.717, 1.165) is 37.7 Å². The lowest BCUT2D eigenvalue weighted by Crippen LogP contribution is -2.45. The number of hydrogen-bond donors (Lipinski definition) is 0. The molecule has 20 heavy (non-hydrogen) atoms. The Morgan fingerprint density at radius 1 is 1.05 bits per heavy atom. The van der Waals surface area contributed by atoms with Gasteiger partial charge in [-0.1, -0.05) is 23.2 Å². The smallest absolute Gasteiger partial charge is 0.183 e. The Morgan fingerprint density at radius 2 is 1.75 bits per heavy atom. The van der Waals surface area contributed by atoms with Crippen molar-refractivity contribution in [3.8, 4) is 0 Å². The second kappa shape index (κ2) is 6.31. The van der Waals surface area contributed by atoms with Gasteiger partial charge in [0.15, 0.2) is 4.47 Å². The minimum absolute atomic E-state index is 0.625. The van der Waals surface area contributed by atoms with E-state index in [1.807, 2.05) is 18.3 Å². The molecule has 0 bridgehead atoms. The monoisotopic (exact) mass is 327 g/mol. The summed E-state index contributed by atoms with van der Waals surface area (Å²) in [5.74, 6) is 0. The number of nitrogens with zero attached hydrogens (tertiary/aromatic N) is 3. The van der Waals surface area contributed by atoms with Gasteiger partial charge in [-0.05, 0) is 24.3 Å². The van der Waals surface area contributed by atoms with E-state index in [9.17, 15) is 0 Å². The van der Waals surface area contributed by atoms with Crippen LogP contribution in [0.2, 0.25) is 9.49 Å². The summed E-state index contributed by atoms with van der Waals surface area (Å²) >= 11 is 13.4. The molecular formula is C14H15Cl2N3S. The highest BCUT2D eigenvalue weighted by Crippen LogP contribution is 2.22. The summed E-state index contributed by atoms with van der Waals surface area (Å²) < 4.78 is 0.625. The van der Waals surface area contributed by atoms with Crippen molar-refractivity contribution in [3.05, 3.63) is 44.8 Å². The lowest BCUT2D eigenvalue weighted by molar-refractivity contribution is 0.252. The predicted molar refractivity (Wildman–Crippen MR) is 86.1 cm³/mol. The van der Waals surface area contributed by atoms with Gasteiger partial charge in [0, 0.05) is 54.5 Å². The summed E-state index contributed by atoms with van der Waals surface area (Å²) in [7, 11) is 0. The zero-order chi connectivity index (χ0) is 13.9. The molecule has 0 amide bonds. The molecule has 1 fully saturated rings. The summed E-state index contributed by atoms with van der Waals surface area (Å²) in [6, 6.07) is 8.06. The van der Waals surface area contributed by atoms with Crippen molar-refractivity contribution in [2.45, 2.75) is 6.54 Å². The van der Waals surface area contributed by atoms with E-state index in [1.165, 1.54) is 10.6 Å². The lowest BCUT2D eigenvalue weighted by atomic mass is 10.2. The van der Waals surface area contributed by atoms with Gasteiger partial charge in [0.1, 0.15) is 0 Å². The molecule has 1 saturated heterocycles. The second-order valence-corrected chi connectivity index (χ2v) is 6.95. The Labute approximate surface area is 132 Å². The van der Waals surface area contributed by atoms with Gasteiger partial charge in [0.2, 0.25) is 0 Å². The van der Waals surface area contributed by atoms with Crippen LogP contribution in [0.15, 0.2) is 30.5 Å². The number of piperazine rings is 1. The normalized spacial score (nSPS) is 16.6. The van der Waals surface area contributed by atoms with Crippen molar-refractivity contribution < 1.29 is 0 Å². The summed E-state index contributed by atoms with van der Waals surface area (Å²) in [6.45, 7) is 5.12. The third-order valence-corrected chi connectivity index (χ3v) is 4.82. The topological polar surface area (TPSA) is 19.4 Å². The fraction of sp³-hybridized carbons (Fsp3) is 0.357. The van der Waals surface area contributed by atoms with Crippen molar-refractivity contribution in [2.24, 2.45) is 0 Å². The van der Waals surface area contributed by atoms with Gasteiger partial charge in [0.05, 0.1) is 0 Å². The number of thiazole rings is 1. The number of halogens is 2. The van der Waals surface area contributed by atoms with E-state index in [-0.39, 0.29) is 0 Å². The average Bonchev–Trinajstić information content (AvgIpc) is 2.86. The fourth-order valence-corrected chi connectivity index (χ4v) is 3.54. The molecule has 1 aliphatic rings. The predicted octanol–water partition coefficient (Wildman–Crippen LogP) is 3.77. The summed E-state index contributed by atoms with van der Waals surface area (Å²) in [5.41, 5.74) is 1.25. The van der Waals surface area contributed by atoms with E-state index in [4.69, 9.17) is 23.2 Å². The number of hydrogen-bond acceptors (Lipinski definition) is 4. The van der Waals surface area contributed by atoms with Crippen LogP contribution < -0.4 is 4.90 Å². The molecule has 3 nitrogen and oxygen atoms in total. The minimum atomic E-state index is 0.625. The minimum Gasteiger partial charge on any atom is -0.369 e. The van der Waals surface area contributed by atoms with Gasteiger partial charge < -0.3 is 4.90 Å². The van der Waals surface area contributed by atoms with Crippen molar-refractivity contribution >= 4 is 40.2 Å². The van der Waals surface area contributed by atoms with E-state index in [1.54, 1.807) is 11.3 Å². The molecular weight excluding hydrogens is 313 g/mol. The molecule has 0 spiro atoms. The van der Waals surface area contributed by atoms with Crippen LogP contribution in [0.5, 0.6) is 0 Å². The molecule has 1 aromatic heterocycles. The zero-order valence-corrected chi connectivity index (χ0v) is 13.3. The fourth-order valence-electron chi connectivity index (χ4n) is 2.39. The molecule has 0 saturated carbocycles. The quantitative estimate of drug-likeness (QED) is 0.855. The van der Waals surface area contributed by atoms with Crippen LogP contribution in [-0.4, -0.2) is 36.1 Å². The maximum atomic E-state index is 5.92. The van der Waals surface area contributed by atoms with E-state index < -0.39 is 0 Å². The van der Waals surface area contributed by atoms with Gasteiger partial charge in [-0.3, -0.25) is 4.90 Å². The van der Waals surface area contributed by atoms with E-state index in [0.29, 0.717) is 4.47 Å². The van der Waals surface area contributed by atoms with Crippen molar-refractivity contribution in [1.29, 1.82) is 0 Å². The first-order chi connectivity index (χ1) is 9.70. The maximum Gasteiger partial charge on any atom is 0.183 e. The number of rotatable bonds is 3. The van der Waals surface area contributed by atoms with Crippen LogP contribution >= 0.6 is 34.5 Å². The number of anilines is 1. The van der Waals surface area contributed by atoms with Gasteiger partial charge in [-0.25, -0.2) is 4.98 Å². The lowest BCUT2D eigenvalue weighted by Gasteiger charge is -2.35. The molecule has 1 aromatic carbocycles. The SMILES string of the molecule is Clc1ccc(N2CCN(Cc3cnc(Cl)s3)CC2)cc1. The van der Waals surface area contributed by atoms with Crippen molar-refractivity contribution in [2.75, 3.05) is 31.1 Å². The Hall–Kier alpha value is -0.810. The van der Waals surface area contributed by atoms with Gasteiger partial charge in [-0.2, -0.15) is 0 Å². The average molecular weight is 328 g/mol. The summed E-state index contributed by atoms with van der Waals surface area (Å²) in [5, 5.41) is 0.787. The molecule has 0 atom stereocenters. The Balaban J connectivity index is 1.55. The molecule has 3 rings (SSSR count). The summed E-state index contributed by atoms with van der Waals surface area (Å²) in [6.07, 6.45) is 1.87. The Kier molecular flexibility index (Phi) is 4.46. The molecule has 6 heteroatoms. The molecule has 0 aliphatic carbocycles. The first-order valence-electron chi connectivity index (χ1n) is 6.54. The highest BCUT2D eigenvalue weighted by Gasteiger charge is 2.17. The molecule has 2 heterocycles. The second-order valence-electron chi connectivity index (χ2n) is 4.82. The molecule has 1 aliphatic heterocycles. The first-order valence-corrected chi connectivity index (χ1v) is 8.11. The van der Waals surface area contributed by atoms with Crippen LogP contribution in [0.25, 0.3) is 0 Å². The summed E-state index contributed by atoms with van der Waals surface area (Å²) in [4.78, 5) is 10.2. The highest BCUT2D eigenvalue weighted by molar-refractivity contribution is 7.15. The highest BCUT2D eigenvalue weighted by atomic mass is 35.5. The van der Waals surface area contributed by atoms with Crippen LogP contribution in [0.4, 0.5) is 5.69 Å². The zero-order valence-electron chi connectivity index (χ0n) is 10.9. The van der Waals surface area contributed by atoms with E-state index >= 15 is 0 Å². The van der Waals surface area contributed by atoms with Crippen LogP contribution in [0.3, 0.4) is 0 Å². The number of benzene rings is 1. The van der Waals surface area contributed by atoms with Gasteiger partial charge in [0.25, 0.3) is 0 Å². The van der Waals surface area contributed by atoms with Gasteiger partial charge >= 0.3 is 0 Å². The largest absolute Gasteiger partial charge is 0.369 e. The first kappa shape index (κ1) is 14.1. The molecule has 0 unspecified atom stereocenters. The number of aromatic nitrogens is 1. The maximum absolute atomic E-state index is 5.92. The molecule has 0 N–H and O–H groups in total. The third-order valence-electron chi connectivity index (χ3n) is 3.47. The van der Waals surface area contributed by atoms with Crippen LogP contribution in [0, 0.1) is 0 Å². The van der Waals surface area contributed by atoms with Crippen LogP contribution in [0.1, 0.15) is 4.88 Å². The standard InChI is InChI=1S/C14H15Cl2N3S/c15-11-1-3-12(4-2-11)19-7-5-18(6-8-19)10-13-9-17-14(16)20-13/h1-4,9H,5-8,10H2. The Morgan fingerprint density at radius 3 is 2.35 bits per heavy atom. The van der Waals surface area contributed by atoms with E-state index in [2.05, 4.69) is 26.9 Å². The molecule has 106 valence electrons. The van der Waals surface area contributed by atoms with Crippen molar-refractivity contribution in [3.63, 3.8) is 0 Å².